The molecule has 1 N–H and O–H groups in total. The molecule has 0 aliphatic rings. The van der Waals surface area contributed by atoms with Crippen LogP contribution >= 0.6 is 0 Å². The molecule has 1 amide bonds. The maximum atomic E-state index is 12.2. The van der Waals surface area contributed by atoms with Crippen molar-refractivity contribution in [3.05, 3.63) is 53.6 Å². The van der Waals surface area contributed by atoms with E-state index in [-0.39, 0.29) is 12.5 Å². The van der Waals surface area contributed by atoms with Gasteiger partial charge in [-0.25, -0.2) is 5.43 Å². The number of hydrogen-bond acceptors (Lipinski definition) is 6. The van der Waals surface area contributed by atoms with Gasteiger partial charge >= 0.3 is 0 Å². The predicted octanol–water partition coefficient (Wildman–Crippen LogP) is 2.37. The van der Waals surface area contributed by atoms with Gasteiger partial charge in [0.25, 0.3) is 5.91 Å². The number of nitrogens with zero attached hydrogens (tertiary/aromatic N) is 2. The first-order valence-electron chi connectivity index (χ1n) is 7.32. The molecule has 0 fully saturated rings. The predicted molar refractivity (Wildman–Crippen MR) is 92.2 cm³/mol. The Hall–Kier alpha value is -3.53. The Morgan fingerprint density at radius 1 is 1.12 bits per heavy atom. The highest BCUT2D eigenvalue weighted by molar-refractivity contribution is 5.95. The number of amides is 1. The number of hydrazone groups is 1. The van der Waals surface area contributed by atoms with Gasteiger partial charge in [0.15, 0.2) is 6.61 Å². The zero-order chi connectivity index (χ0) is 18.1. The Balaban J connectivity index is 1.99. The van der Waals surface area contributed by atoms with Crippen LogP contribution in [-0.2, 0) is 0 Å². The molecule has 0 aromatic heterocycles. The summed E-state index contributed by atoms with van der Waals surface area (Å²) in [5, 5.41) is 12.4. The summed E-state index contributed by atoms with van der Waals surface area (Å²) in [5.41, 5.74) is 3.58. The van der Waals surface area contributed by atoms with Crippen LogP contribution in [-0.4, -0.2) is 32.9 Å². The Kier molecular flexibility index (Phi) is 6.37. The van der Waals surface area contributed by atoms with E-state index in [0.717, 1.165) is 5.56 Å². The Labute approximate surface area is 145 Å². The summed E-state index contributed by atoms with van der Waals surface area (Å²) in [6.07, 6.45) is 1.50. The van der Waals surface area contributed by atoms with Gasteiger partial charge in [-0.1, -0.05) is 0 Å². The Morgan fingerprint density at radius 2 is 1.76 bits per heavy atom. The first-order valence-corrected chi connectivity index (χ1v) is 7.32. The zero-order valence-corrected chi connectivity index (χ0v) is 13.9. The molecule has 0 saturated heterocycles. The lowest BCUT2D eigenvalue weighted by Crippen LogP contribution is -2.17. The van der Waals surface area contributed by atoms with E-state index in [1.54, 1.807) is 42.5 Å². The third kappa shape index (κ3) is 5.25. The monoisotopic (exact) mass is 339 g/mol. The molecule has 0 saturated carbocycles. The number of methoxy groups -OCH3 is 2. The van der Waals surface area contributed by atoms with Crippen molar-refractivity contribution in [3.8, 4) is 23.3 Å². The molecule has 0 radical (unpaired) electrons. The Morgan fingerprint density at radius 3 is 2.32 bits per heavy atom. The fourth-order valence-electron chi connectivity index (χ4n) is 1.93. The number of nitrogens with one attached hydrogen (secondary N) is 1. The lowest BCUT2D eigenvalue weighted by molar-refractivity contribution is 0.0954. The van der Waals surface area contributed by atoms with Crippen molar-refractivity contribution in [1.82, 2.24) is 5.43 Å². The zero-order valence-electron chi connectivity index (χ0n) is 13.9. The smallest absolute Gasteiger partial charge is 0.271 e. The quantitative estimate of drug-likeness (QED) is 0.617. The van der Waals surface area contributed by atoms with Crippen LogP contribution in [0.3, 0.4) is 0 Å². The van der Waals surface area contributed by atoms with Gasteiger partial charge in [0, 0.05) is 11.6 Å². The van der Waals surface area contributed by atoms with E-state index in [9.17, 15) is 4.79 Å². The molecule has 0 aliphatic carbocycles. The van der Waals surface area contributed by atoms with Gasteiger partial charge in [0.2, 0.25) is 0 Å². The molecule has 7 heteroatoms. The second kappa shape index (κ2) is 8.93. The molecule has 7 nitrogen and oxygen atoms in total. The van der Waals surface area contributed by atoms with Crippen LogP contribution in [0.4, 0.5) is 0 Å². The lowest BCUT2D eigenvalue weighted by Gasteiger charge is -2.07. The number of carbonyl (C=O) groups excluding carboxylic acids is 1. The van der Waals surface area contributed by atoms with Crippen LogP contribution in [0.5, 0.6) is 17.2 Å². The van der Waals surface area contributed by atoms with E-state index in [2.05, 4.69) is 10.5 Å². The van der Waals surface area contributed by atoms with Gasteiger partial charge in [0.1, 0.15) is 23.3 Å². The third-order valence-electron chi connectivity index (χ3n) is 3.18. The summed E-state index contributed by atoms with van der Waals surface area (Å²) in [4.78, 5) is 12.2. The second-order valence-electron chi connectivity index (χ2n) is 4.82. The average molecular weight is 339 g/mol. The maximum absolute atomic E-state index is 12.2. The fraction of sp³-hybridized carbons (Fsp3) is 0.167. The summed E-state index contributed by atoms with van der Waals surface area (Å²) in [7, 11) is 3.03. The normalized spacial score (nSPS) is 10.1. The summed E-state index contributed by atoms with van der Waals surface area (Å²) in [6.45, 7) is -0.00645. The van der Waals surface area contributed by atoms with Gasteiger partial charge in [-0.15, -0.1) is 0 Å². The van der Waals surface area contributed by atoms with Crippen LogP contribution < -0.4 is 19.6 Å². The highest BCUT2D eigenvalue weighted by atomic mass is 16.5. The number of hydrogen-bond donors (Lipinski definition) is 1. The summed E-state index contributed by atoms with van der Waals surface area (Å²) in [5.74, 6) is 1.23. The summed E-state index contributed by atoms with van der Waals surface area (Å²) in [6, 6.07) is 13.7. The number of nitriles is 1. The van der Waals surface area contributed by atoms with E-state index in [1.165, 1.54) is 20.4 Å². The molecule has 0 aliphatic heterocycles. The van der Waals surface area contributed by atoms with Crippen LogP contribution in [0.2, 0.25) is 0 Å². The van der Waals surface area contributed by atoms with Gasteiger partial charge in [-0.2, -0.15) is 10.4 Å². The van der Waals surface area contributed by atoms with Gasteiger partial charge in [0.05, 0.1) is 20.4 Å². The van der Waals surface area contributed by atoms with Gasteiger partial charge < -0.3 is 14.2 Å². The lowest BCUT2D eigenvalue weighted by atomic mass is 10.2. The van der Waals surface area contributed by atoms with Crippen molar-refractivity contribution in [2.45, 2.75) is 0 Å². The molecular formula is C18H17N3O4. The van der Waals surface area contributed by atoms with E-state index >= 15 is 0 Å². The maximum Gasteiger partial charge on any atom is 0.271 e. The number of rotatable bonds is 7. The van der Waals surface area contributed by atoms with Gasteiger partial charge in [-0.3, -0.25) is 4.79 Å². The highest BCUT2D eigenvalue weighted by Crippen LogP contribution is 2.22. The SMILES string of the molecule is COc1cc(OC)cc(C(=O)N/N=C\c2ccc(OCC#N)cc2)c1. The molecule has 0 unspecified atom stereocenters. The number of benzene rings is 2. The molecule has 0 atom stereocenters. The van der Waals surface area contributed by atoms with Crippen molar-refractivity contribution >= 4 is 12.1 Å². The fourth-order valence-corrected chi connectivity index (χ4v) is 1.93. The van der Waals surface area contributed by atoms with Crippen molar-refractivity contribution < 1.29 is 19.0 Å². The van der Waals surface area contributed by atoms with Gasteiger partial charge in [-0.05, 0) is 42.0 Å². The van der Waals surface area contributed by atoms with E-state index in [4.69, 9.17) is 19.5 Å². The largest absolute Gasteiger partial charge is 0.497 e. The summed E-state index contributed by atoms with van der Waals surface area (Å²) < 4.78 is 15.4. The van der Waals surface area contributed by atoms with Crippen LogP contribution in [0.1, 0.15) is 15.9 Å². The van der Waals surface area contributed by atoms with Crippen LogP contribution in [0, 0.1) is 11.3 Å². The second-order valence-corrected chi connectivity index (χ2v) is 4.82. The molecular weight excluding hydrogens is 322 g/mol. The number of ether oxygens (including phenoxy) is 3. The standard InChI is InChI=1S/C18H17N3O4/c1-23-16-9-14(10-17(11-16)24-2)18(22)21-20-12-13-3-5-15(6-4-13)25-8-7-19/h3-6,9-12H,8H2,1-2H3,(H,21,22)/b20-12-. The summed E-state index contributed by atoms with van der Waals surface area (Å²) >= 11 is 0. The minimum Gasteiger partial charge on any atom is -0.497 e. The minimum absolute atomic E-state index is 0.00645. The van der Waals surface area contributed by atoms with Crippen LogP contribution in [0.15, 0.2) is 47.6 Å². The minimum atomic E-state index is -0.387. The molecule has 0 spiro atoms. The Bertz CT molecular complexity index is 773. The molecule has 2 aromatic carbocycles. The van der Waals surface area contributed by atoms with E-state index in [0.29, 0.717) is 22.8 Å². The van der Waals surface area contributed by atoms with E-state index in [1.807, 2.05) is 6.07 Å². The first kappa shape index (κ1) is 17.8. The molecule has 2 rings (SSSR count). The highest BCUT2D eigenvalue weighted by Gasteiger charge is 2.09. The molecule has 0 heterocycles. The van der Waals surface area contributed by atoms with E-state index < -0.39 is 0 Å². The van der Waals surface area contributed by atoms with Crippen molar-refractivity contribution in [2.75, 3.05) is 20.8 Å². The third-order valence-corrected chi connectivity index (χ3v) is 3.18. The molecule has 0 bridgehead atoms. The van der Waals surface area contributed by atoms with Crippen molar-refractivity contribution in [1.29, 1.82) is 5.26 Å². The van der Waals surface area contributed by atoms with Crippen molar-refractivity contribution in [2.24, 2.45) is 5.10 Å². The van der Waals surface area contributed by atoms with Crippen molar-refractivity contribution in [3.63, 3.8) is 0 Å². The molecule has 128 valence electrons. The molecule has 25 heavy (non-hydrogen) atoms. The molecule has 2 aromatic rings. The first-order chi connectivity index (χ1) is 12.2. The average Bonchev–Trinajstić information content (AvgIpc) is 2.66. The topological polar surface area (TPSA) is 92.9 Å². The van der Waals surface area contributed by atoms with Crippen LogP contribution in [0.25, 0.3) is 0 Å². The number of carbonyl (C=O) groups is 1.